The van der Waals surface area contributed by atoms with Gasteiger partial charge in [0, 0.05) is 11.9 Å². The highest BCUT2D eigenvalue weighted by atomic mass is 32.2. The van der Waals surface area contributed by atoms with Gasteiger partial charge in [0.05, 0.1) is 17.2 Å². The summed E-state index contributed by atoms with van der Waals surface area (Å²) in [6.07, 6.45) is 1.49. The van der Waals surface area contributed by atoms with Crippen LogP contribution in [0, 0.1) is 0 Å². The van der Waals surface area contributed by atoms with E-state index in [9.17, 15) is 13.2 Å². The standard InChI is InChI=1S/C24H26N2O4S/c1-3-30-21-14-5-4-9-18(21)12-8-16-25-24(27)17(2)26-20-13-6-10-19-11-7-15-22(23(19)20)31(26,28)29/h4-7,9-11,13-15,17H,3,8,12,16H2,1-2H3,(H,25,27). The fourth-order valence-electron chi connectivity index (χ4n) is 4.09. The van der Waals surface area contributed by atoms with Crippen LogP contribution in [0.25, 0.3) is 10.8 Å². The molecule has 1 atom stereocenters. The molecule has 1 aliphatic rings. The Kier molecular flexibility index (Phi) is 5.87. The Labute approximate surface area is 182 Å². The number of nitrogens with one attached hydrogen (secondary N) is 1. The van der Waals surface area contributed by atoms with Gasteiger partial charge in [-0.05, 0) is 55.8 Å². The van der Waals surface area contributed by atoms with Crippen LogP contribution in [0.4, 0.5) is 5.69 Å². The number of benzene rings is 3. The first-order valence-electron chi connectivity index (χ1n) is 10.5. The molecule has 31 heavy (non-hydrogen) atoms. The Morgan fingerprint density at radius 3 is 2.58 bits per heavy atom. The van der Waals surface area contributed by atoms with Crippen molar-refractivity contribution in [1.29, 1.82) is 0 Å². The van der Waals surface area contributed by atoms with Crippen LogP contribution in [-0.2, 0) is 21.2 Å². The number of amides is 1. The minimum atomic E-state index is -3.77. The van der Waals surface area contributed by atoms with Crippen LogP contribution in [0.5, 0.6) is 5.75 Å². The van der Waals surface area contributed by atoms with E-state index in [-0.39, 0.29) is 10.8 Å². The monoisotopic (exact) mass is 438 g/mol. The van der Waals surface area contributed by atoms with E-state index in [1.807, 2.05) is 49.4 Å². The van der Waals surface area contributed by atoms with E-state index in [2.05, 4.69) is 5.32 Å². The average Bonchev–Trinajstić information content (AvgIpc) is 3.00. The maximum Gasteiger partial charge on any atom is 0.265 e. The second-order valence-electron chi connectivity index (χ2n) is 7.54. The fourth-order valence-corrected chi connectivity index (χ4v) is 5.96. The lowest BCUT2D eigenvalue weighted by molar-refractivity contribution is -0.121. The molecule has 1 amide bonds. The van der Waals surface area contributed by atoms with E-state index in [0.717, 1.165) is 29.5 Å². The molecule has 0 aliphatic carbocycles. The van der Waals surface area contributed by atoms with Crippen LogP contribution in [0.1, 0.15) is 25.8 Å². The minimum absolute atomic E-state index is 0.257. The zero-order valence-electron chi connectivity index (χ0n) is 17.7. The van der Waals surface area contributed by atoms with E-state index in [1.54, 1.807) is 25.1 Å². The van der Waals surface area contributed by atoms with Crippen molar-refractivity contribution in [3.8, 4) is 5.75 Å². The Morgan fingerprint density at radius 1 is 1.06 bits per heavy atom. The molecule has 6 nitrogen and oxygen atoms in total. The number of carbonyl (C=O) groups excluding carboxylic acids is 1. The van der Waals surface area contributed by atoms with Gasteiger partial charge >= 0.3 is 0 Å². The highest BCUT2D eigenvalue weighted by molar-refractivity contribution is 7.93. The Balaban J connectivity index is 1.43. The highest BCUT2D eigenvalue weighted by Gasteiger charge is 2.40. The van der Waals surface area contributed by atoms with Gasteiger partial charge in [-0.15, -0.1) is 0 Å². The average molecular weight is 439 g/mol. The van der Waals surface area contributed by atoms with E-state index >= 15 is 0 Å². The van der Waals surface area contributed by atoms with Gasteiger partial charge in [-0.3, -0.25) is 9.10 Å². The summed E-state index contributed by atoms with van der Waals surface area (Å²) < 4.78 is 33.2. The van der Waals surface area contributed by atoms with Crippen LogP contribution in [0.2, 0.25) is 0 Å². The summed E-state index contributed by atoms with van der Waals surface area (Å²) >= 11 is 0. The number of carbonyl (C=O) groups is 1. The lowest BCUT2D eigenvalue weighted by Crippen LogP contribution is -2.47. The number of nitrogens with zero attached hydrogens (tertiary/aromatic N) is 1. The minimum Gasteiger partial charge on any atom is -0.494 e. The van der Waals surface area contributed by atoms with Crippen LogP contribution in [0.3, 0.4) is 0 Å². The van der Waals surface area contributed by atoms with Crippen LogP contribution >= 0.6 is 0 Å². The van der Waals surface area contributed by atoms with Gasteiger partial charge in [0.1, 0.15) is 11.8 Å². The van der Waals surface area contributed by atoms with E-state index in [0.29, 0.717) is 24.2 Å². The SMILES string of the molecule is CCOc1ccccc1CCCNC(=O)C(C)N1c2cccc3cccc(c23)S1(=O)=O. The van der Waals surface area contributed by atoms with Gasteiger partial charge in [-0.2, -0.15) is 0 Å². The maximum atomic E-state index is 13.2. The highest BCUT2D eigenvalue weighted by Crippen LogP contribution is 2.43. The predicted octanol–water partition coefficient (Wildman–Crippen LogP) is 3.88. The number of ether oxygens (including phenoxy) is 1. The van der Waals surface area contributed by atoms with Gasteiger partial charge in [0.2, 0.25) is 5.91 Å². The molecule has 0 radical (unpaired) electrons. The first-order chi connectivity index (χ1) is 14.9. The van der Waals surface area contributed by atoms with Crippen LogP contribution < -0.4 is 14.4 Å². The third-order valence-corrected chi connectivity index (χ3v) is 7.47. The van der Waals surface area contributed by atoms with Crippen LogP contribution in [0.15, 0.2) is 65.6 Å². The number of rotatable bonds is 8. The summed E-state index contributed by atoms with van der Waals surface area (Å²) in [7, 11) is -3.77. The van der Waals surface area contributed by atoms with Crippen molar-refractivity contribution < 1.29 is 17.9 Å². The Morgan fingerprint density at radius 2 is 1.81 bits per heavy atom. The molecule has 7 heteroatoms. The van der Waals surface area contributed by atoms with E-state index in [4.69, 9.17) is 4.74 Å². The second-order valence-corrected chi connectivity index (χ2v) is 9.33. The zero-order valence-corrected chi connectivity index (χ0v) is 18.5. The van der Waals surface area contributed by atoms with E-state index < -0.39 is 16.1 Å². The first kappa shape index (κ1) is 21.2. The van der Waals surface area contributed by atoms with Gasteiger partial charge in [-0.25, -0.2) is 8.42 Å². The van der Waals surface area contributed by atoms with Gasteiger partial charge in [-0.1, -0.05) is 42.5 Å². The first-order valence-corrected chi connectivity index (χ1v) is 11.9. The largest absolute Gasteiger partial charge is 0.494 e. The number of hydrogen-bond donors (Lipinski definition) is 1. The zero-order chi connectivity index (χ0) is 22.0. The normalized spacial score (nSPS) is 15.1. The van der Waals surface area contributed by atoms with Crippen molar-refractivity contribution in [2.24, 2.45) is 0 Å². The third-order valence-electron chi connectivity index (χ3n) is 5.54. The smallest absolute Gasteiger partial charge is 0.265 e. The van der Waals surface area contributed by atoms with Crippen LogP contribution in [-0.4, -0.2) is 33.5 Å². The van der Waals surface area contributed by atoms with E-state index in [1.165, 1.54) is 4.31 Å². The molecule has 1 aliphatic heterocycles. The number of hydrogen-bond acceptors (Lipinski definition) is 4. The Bertz CT molecular complexity index is 1220. The molecule has 0 bridgehead atoms. The number of sulfonamides is 1. The number of para-hydroxylation sites is 1. The summed E-state index contributed by atoms with van der Waals surface area (Å²) in [6, 6.07) is 17.7. The molecule has 3 aromatic rings. The lowest BCUT2D eigenvalue weighted by atomic mass is 10.1. The molecule has 0 spiro atoms. The molecule has 162 valence electrons. The molecular formula is C24H26N2O4S. The summed E-state index contributed by atoms with van der Waals surface area (Å²) in [5.41, 5.74) is 1.65. The summed E-state index contributed by atoms with van der Waals surface area (Å²) in [5, 5.41) is 4.42. The molecule has 0 aromatic heterocycles. The van der Waals surface area contributed by atoms with Gasteiger partial charge in [0.15, 0.2) is 0 Å². The molecule has 3 aromatic carbocycles. The predicted molar refractivity (Wildman–Crippen MR) is 122 cm³/mol. The van der Waals surface area contributed by atoms with Crippen molar-refractivity contribution in [2.75, 3.05) is 17.5 Å². The molecule has 4 rings (SSSR count). The molecule has 1 heterocycles. The van der Waals surface area contributed by atoms with Gasteiger partial charge < -0.3 is 10.1 Å². The summed E-state index contributed by atoms with van der Waals surface area (Å²) in [5.74, 6) is 0.546. The van der Waals surface area contributed by atoms with Crippen molar-refractivity contribution in [3.05, 3.63) is 66.2 Å². The van der Waals surface area contributed by atoms with Crippen molar-refractivity contribution in [3.63, 3.8) is 0 Å². The fraction of sp³-hybridized carbons (Fsp3) is 0.292. The summed E-state index contributed by atoms with van der Waals surface area (Å²) in [6.45, 7) is 4.63. The lowest BCUT2D eigenvalue weighted by Gasteiger charge is -2.25. The second kappa shape index (κ2) is 8.59. The maximum absolute atomic E-state index is 13.2. The summed E-state index contributed by atoms with van der Waals surface area (Å²) in [4.78, 5) is 13.1. The topological polar surface area (TPSA) is 75.7 Å². The van der Waals surface area contributed by atoms with Gasteiger partial charge in [0.25, 0.3) is 10.0 Å². The van der Waals surface area contributed by atoms with Crippen molar-refractivity contribution >= 4 is 32.4 Å². The molecule has 0 saturated heterocycles. The van der Waals surface area contributed by atoms with Crippen molar-refractivity contribution in [2.45, 2.75) is 37.6 Å². The quantitative estimate of drug-likeness (QED) is 0.542. The molecule has 1 N–H and O–H groups in total. The number of anilines is 1. The molecule has 1 unspecified atom stereocenters. The van der Waals surface area contributed by atoms with Crippen molar-refractivity contribution in [1.82, 2.24) is 5.32 Å². The number of aryl methyl sites for hydroxylation is 1. The molecule has 0 saturated carbocycles. The third kappa shape index (κ3) is 3.85. The molecular weight excluding hydrogens is 412 g/mol. The Hall–Kier alpha value is -3.06. The molecule has 0 fully saturated rings.